The van der Waals surface area contributed by atoms with Crippen LogP contribution in [0.2, 0.25) is 0 Å². The number of hydrogen-bond acceptors (Lipinski definition) is 6. The molecule has 8 nitrogen and oxygen atoms in total. The summed E-state index contributed by atoms with van der Waals surface area (Å²) in [5.41, 5.74) is -0.328. The van der Waals surface area contributed by atoms with Gasteiger partial charge in [0.15, 0.2) is 0 Å². The Bertz CT molecular complexity index is 950. The Morgan fingerprint density at radius 1 is 1.07 bits per heavy atom. The zero-order valence-corrected chi connectivity index (χ0v) is 17.7. The van der Waals surface area contributed by atoms with Crippen molar-refractivity contribution in [3.8, 4) is 0 Å². The molecule has 3 rings (SSSR count). The Morgan fingerprint density at radius 3 is 2.31 bits per heavy atom. The molecule has 1 aliphatic rings. The molecular formula is C20H27N5O3S. The first-order valence-corrected chi connectivity index (χ1v) is 11.1. The maximum absolute atomic E-state index is 12.8. The highest BCUT2D eigenvalue weighted by Crippen LogP contribution is 2.26. The van der Waals surface area contributed by atoms with Gasteiger partial charge in [0.25, 0.3) is 0 Å². The highest BCUT2D eigenvalue weighted by molar-refractivity contribution is 7.89. The second-order valence-electron chi connectivity index (χ2n) is 8.15. The predicted octanol–water partition coefficient (Wildman–Crippen LogP) is 2.41. The van der Waals surface area contributed by atoms with Crippen molar-refractivity contribution in [2.24, 2.45) is 5.92 Å². The van der Waals surface area contributed by atoms with Gasteiger partial charge in [0.1, 0.15) is 4.90 Å². The van der Waals surface area contributed by atoms with E-state index in [1.54, 1.807) is 57.4 Å². The number of amides is 1. The highest BCUT2D eigenvalue weighted by atomic mass is 32.2. The lowest BCUT2D eigenvalue weighted by atomic mass is 9.96. The number of nitrogens with zero attached hydrogens (tertiary/aromatic N) is 3. The normalized spacial score (nSPS) is 15.9. The third kappa shape index (κ3) is 5.51. The van der Waals surface area contributed by atoms with Crippen molar-refractivity contribution in [1.82, 2.24) is 14.7 Å². The zero-order chi connectivity index (χ0) is 21.1. The summed E-state index contributed by atoms with van der Waals surface area (Å²) in [4.78, 5) is 23.4. The molecule has 0 bridgehead atoms. The molecule has 29 heavy (non-hydrogen) atoms. The number of para-hydroxylation sites is 1. The fourth-order valence-electron chi connectivity index (χ4n) is 3.29. The molecule has 1 aromatic carbocycles. The fourth-order valence-corrected chi connectivity index (χ4v) is 4.88. The van der Waals surface area contributed by atoms with Crippen molar-refractivity contribution in [1.29, 1.82) is 0 Å². The van der Waals surface area contributed by atoms with Crippen LogP contribution in [0.1, 0.15) is 33.6 Å². The molecule has 0 radical (unpaired) electrons. The molecule has 0 aliphatic carbocycles. The summed E-state index contributed by atoms with van der Waals surface area (Å²) < 4.78 is 28.1. The molecule has 0 saturated carbocycles. The van der Waals surface area contributed by atoms with Crippen molar-refractivity contribution in [2.75, 3.05) is 23.3 Å². The smallest absolute Gasteiger partial charge is 0.243 e. The summed E-state index contributed by atoms with van der Waals surface area (Å²) >= 11 is 0. The number of sulfonamides is 1. The van der Waals surface area contributed by atoms with Gasteiger partial charge in [-0.25, -0.2) is 23.1 Å². The highest BCUT2D eigenvalue weighted by Gasteiger charge is 2.29. The molecule has 2 N–H and O–H groups in total. The second kappa shape index (κ2) is 8.46. The van der Waals surface area contributed by atoms with Crippen LogP contribution in [0.4, 0.5) is 11.6 Å². The van der Waals surface area contributed by atoms with Gasteiger partial charge in [-0.05, 0) is 51.8 Å². The number of hydrogen-bond donors (Lipinski definition) is 2. The molecule has 2 heterocycles. The minimum absolute atomic E-state index is 0.0680. The summed E-state index contributed by atoms with van der Waals surface area (Å²) in [5.74, 6) is 0.300. The third-order valence-electron chi connectivity index (χ3n) is 4.58. The number of rotatable bonds is 5. The Morgan fingerprint density at radius 2 is 1.69 bits per heavy atom. The molecule has 1 amide bonds. The zero-order valence-electron chi connectivity index (χ0n) is 16.9. The number of benzene rings is 1. The molecule has 2 aromatic rings. The van der Waals surface area contributed by atoms with Gasteiger partial charge >= 0.3 is 0 Å². The van der Waals surface area contributed by atoms with Crippen LogP contribution in [-0.4, -0.2) is 42.9 Å². The van der Waals surface area contributed by atoms with E-state index in [-0.39, 0.29) is 16.7 Å². The van der Waals surface area contributed by atoms with Crippen LogP contribution in [0.3, 0.4) is 0 Å². The van der Waals surface area contributed by atoms with Crippen LogP contribution < -0.4 is 14.9 Å². The van der Waals surface area contributed by atoms with E-state index in [9.17, 15) is 13.2 Å². The second-order valence-corrected chi connectivity index (χ2v) is 9.80. The van der Waals surface area contributed by atoms with Crippen LogP contribution in [0.15, 0.2) is 47.6 Å². The van der Waals surface area contributed by atoms with Crippen molar-refractivity contribution in [3.63, 3.8) is 0 Å². The lowest BCUT2D eigenvalue weighted by molar-refractivity contribution is -0.120. The topological polar surface area (TPSA) is 104 Å². The Kier molecular flexibility index (Phi) is 6.18. The van der Waals surface area contributed by atoms with Crippen LogP contribution in [0, 0.1) is 5.92 Å². The van der Waals surface area contributed by atoms with Gasteiger partial charge in [0.05, 0.1) is 5.69 Å². The van der Waals surface area contributed by atoms with Gasteiger partial charge in [-0.1, -0.05) is 12.1 Å². The quantitative estimate of drug-likeness (QED) is 0.774. The number of carbonyl (C=O) groups excluding carboxylic acids is 1. The summed E-state index contributed by atoms with van der Waals surface area (Å²) in [6, 6.07) is 8.23. The first kappa shape index (κ1) is 21.2. The van der Waals surface area contributed by atoms with E-state index in [1.165, 1.54) is 6.07 Å². The van der Waals surface area contributed by atoms with Crippen LogP contribution in [-0.2, 0) is 14.8 Å². The number of aromatic nitrogens is 2. The molecular weight excluding hydrogens is 390 g/mol. The van der Waals surface area contributed by atoms with E-state index < -0.39 is 15.6 Å². The van der Waals surface area contributed by atoms with E-state index in [0.29, 0.717) is 37.6 Å². The summed E-state index contributed by atoms with van der Waals surface area (Å²) in [6.07, 6.45) is 4.70. The molecule has 0 atom stereocenters. The third-order valence-corrected chi connectivity index (χ3v) is 6.39. The summed E-state index contributed by atoms with van der Waals surface area (Å²) in [5, 5.41) is 2.82. The molecule has 0 unspecified atom stereocenters. The molecule has 1 aromatic heterocycles. The number of anilines is 2. The van der Waals surface area contributed by atoms with E-state index in [2.05, 4.69) is 24.9 Å². The SMILES string of the molecule is CC(C)(C)NS(=O)(=O)c1ccccc1NC(=O)C1CCN(c2ncccn2)CC1. The Labute approximate surface area is 171 Å². The van der Waals surface area contributed by atoms with Crippen molar-refractivity contribution in [2.45, 2.75) is 44.0 Å². The van der Waals surface area contributed by atoms with Gasteiger partial charge in [0.2, 0.25) is 21.9 Å². The Balaban J connectivity index is 1.68. The van der Waals surface area contributed by atoms with Gasteiger partial charge in [-0.2, -0.15) is 0 Å². The lowest BCUT2D eigenvalue weighted by Gasteiger charge is -2.31. The average Bonchev–Trinajstić information content (AvgIpc) is 2.67. The summed E-state index contributed by atoms with van der Waals surface area (Å²) in [6.45, 7) is 6.67. The van der Waals surface area contributed by atoms with Crippen molar-refractivity contribution < 1.29 is 13.2 Å². The monoisotopic (exact) mass is 417 g/mol. The fraction of sp³-hybridized carbons (Fsp3) is 0.450. The Hall–Kier alpha value is -2.52. The lowest BCUT2D eigenvalue weighted by Crippen LogP contribution is -2.41. The van der Waals surface area contributed by atoms with Crippen LogP contribution in [0.25, 0.3) is 0 Å². The van der Waals surface area contributed by atoms with Crippen molar-refractivity contribution >= 4 is 27.6 Å². The average molecular weight is 418 g/mol. The van der Waals surface area contributed by atoms with Gasteiger partial charge < -0.3 is 10.2 Å². The van der Waals surface area contributed by atoms with Gasteiger partial charge in [0, 0.05) is 36.9 Å². The maximum Gasteiger partial charge on any atom is 0.243 e. The van der Waals surface area contributed by atoms with Crippen molar-refractivity contribution in [3.05, 3.63) is 42.7 Å². The first-order valence-electron chi connectivity index (χ1n) is 9.61. The minimum atomic E-state index is -3.76. The minimum Gasteiger partial charge on any atom is -0.341 e. The molecule has 1 saturated heterocycles. The summed E-state index contributed by atoms with van der Waals surface area (Å²) in [7, 11) is -3.76. The largest absolute Gasteiger partial charge is 0.341 e. The van der Waals surface area contributed by atoms with E-state index >= 15 is 0 Å². The van der Waals surface area contributed by atoms with Gasteiger partial charge in [-0.3, -0.25) is 4.79 Å². The standard InChI is InChI=1S/C20H27N5O3S/c1-20(2,3)24-29(27,28)17-8-5-4-7-16(17)23-18(26)15-9-13-25(14-10-15)19-21-11-6-12-22-19/h4-8,11-12,15,24H,9-10,13-14H2,1-3H3,(H,23,26). The van der Waals surface area contributed by atoms with Crippen LogP contribution >= 0.6 is 0 Å². The van der Waals surface area contributed by atoms with E-state index in [4.69, 9.17) is 0 Å². The molecule has 1 aliphatic heterocycles. The maximum atomic E-state index is 12.8. The first-order chi connectivity index (χ1) is 13.7. The number of carbonyl (C=O) groups is 1. The molecule has 9 heteroatoms. The van der Waals surface area contributed by atoms with Crippen LogP contribution in [0.5, 0.6) is 0 Å². The number of nitrogens with one attached hydrogen (secondary N) is 2. The van der Waals surface area contributed by atoms with E-state index in [1.807, 2.05) is 0 Å². The molecule has 0 spiro atoms. The predicted molar refractivity (Wildman–Crippen MR) is 112 cm³/mol. The van der Waals surface area contributed by atoms with E-state index in [0.717, 1.165) is 0 Å². The number of piperidine rings is 1. The molecule has 1 fully saturated rings. The molecule has 156 valence electrons. The van der Waals surface area contributed by atoms with Gasteiger partial charge in [-0.15, -0.1) is 0 Å².